The van der Waals surface area contributed by atoms with Crippen molar-refractivity contribution in [3.8, 4) is 0 Å². The van der Waals surface area contributed by atoms with Gasteiger partial charge in [-0.15, -0.1) is 0 Å². The average molecular weight is 298 g/mol. The van der Waals surface area contributed by atoms with Crippen LogP contribution in [-0.4, -0.2) is 11.5 Å². The monoisotopic (exact) mass is 297 g/mol. The first kappa shape index (κ1) is 14.5. The smallest absolute Gasteiger partial charge is 0.169 e. The molecule has 0 saturated carbocycles. The lowest BCUT2D eigenvalue weighted by Crippen LogP contribution is -2.07. The van der Waals surface area contributed by atoms with E-state index in [2.05, 4.69) is 15.6 Å². The zero-order valence-corrected chi connectivity index (χ0v) is 11.6. The third-order valence-electron chi connectivity index (χ3n) is 2.58. The van der Waals surface area contributed by atoms with Crippen molar-refractivity contribution in [1.82, 2.24) is 4.98 Å². The largest absolute Gasteiger partial charge is 0.368 e. The van der Waals surface area contributed by atoms with E-state index in [0.29, 0.717) is 17.3 Å². The molecular weight excluding hydrogens is 284 g/mol. The van der Waals surface area contributed by atoms with Crippen molar-refractivity contribution in [3.63, 3.8) is 0 Å². The molecule has 0 aliphatic carbocycles. The fourth-order valence-electron chi connectivity index (χ4n) is 1.59. The summed E-state index contributed by atoms with van der Waals surface area (Å²) in [6.45, 7) is 2.51. The third kappa shape index (κ3) is 3.57. The fourth-order valence-corrected chi connectivity index (χ4v) is 1.72. The van der Waals surface area contributed by atoms with Crippen molar-refractivity contribution in [3.05, 3.63) is 47.0 Å². The molecule has 1 heterocycles. The summed E-state index contributed by atoms with van der Waals surface area (Å²) < 4.78 is 27.2. The van der Waals surface area contributed by atoms with Gasteiger partial charge >= 0.3 is 0 Å². The fraction of sp³-hybridized carbons (Fsp3) is 0.214. The average Bonchev–Trinajstić information content (AvgIpc) is 2.43. The number of anilines is 3. The molecular formula is C14H14ClF2N3. The van der Waals surface area contributed by atoms with Gasteiger partial charge in [0.05, 0.1) is 0 Å². The molecule has 0 bridgehead atoms. The summed E-state index contributed by atoms with van der Waals surface area (Å²) in [5.74, 6) is -1.46. The van der Waals surface area contributed by atoms with Crippen molar-refractivity contribution in [2.24, 2.45) is 0 Å². The normalized spacial score (nSPS) is 10.4. The van der Waals surface area contributed by atoms with Crippen LogP contribution in [0.25, 0.3) is 0 Å². The van der Waals surface area contributed by atoms with Crippen molar-refractivity contribution in [2.75, 3.05) is 17.2 Å². The number of pyridine rings is 1. The summed E-state index contributed by atoms with van der Waals surface area (Å²) in [4.78, 5) is 3.92. The molecule has 0 saturated heterocycles. The number of nitrogens with one attached hydrogen (secondary N) is 2. The van der Waals surface area contributed by atoms with E-state index in [1.165, 1.54) is 0 Å². The SMILES string of the molecule is CCCNc1nc(Nc2ccc(Cl)cc2)c(F)cc1F. The summed E-state index contributed by atoms with van der Waals surface area (Å²) in [7, 11) is 0. The second kappa shape index (κ2) is 6.52. The van der Waals surface area contributed by atoms with E-state index in [4.69, 9.17) is 11.6 Å². The van der Waals surface area contributed by atoms with Crippen LogP contribution in [-0.2, 0) is 0 Å². The number of aromatic nitrogens is 1. The zero-order chi connectivity index (χ0) is 14.5. The first-order chi connectivity index (χ1) is 9.60. The molecule has 0 radical (unpaired) electrons. The van der Waals surface area contributed by atoms with E-state index >= 15 is 0 Å². The van der Waals surface area contributed by atoms with Crippen molar-refractivity contribution < 1.29 is 8.78 Å². The second-order valence-electron chi connectivity index (χ2n) is 4.21. The molecule has 6 heteroatoms. The Hall–Kier alpha value is -1.88. The van der Waals surface area contributed by atoms with Crippen LogP contribution in [0.15, 0.2) is 30.3 Å². The van der Waals surface area contributed by atoms with Gasteiger partial charge in [-0.3, -0.25) is 0 Å². The molecule has 106 valence electrons. The van der Waals surface area contributed by atoms with E-state index in [1.54, 1.807) is 24.3 Å². The first-order valence-corrected chi connectivity index (χ1v) is 6.60. The van der Waals surface area contributed by atoms with Gasteiger partial charge in [-0.1, -0.05) is 18.5 Å². The number of benzene rings is 1. The molecule has 1 aromatic carbocycles. The topological polar surface area (TPSA) is 37.0 Å². The Balaban J connectivity index is 2.24. The van der Waals surface area contributed by atoms with Crippen molar-refractivity contribution >= 4 is 28.9 Å². The van der Waals surface area contributed by atoms with Gasteiger partial charge in [0.25, 0.3) is 0 Å². The van der Waals surface area contributed by atoms with Gasteiger partial charge in [0.15, 0.2) is 23.3 Å². The summed E-state index contributed by atoms with van der Waals surface area (Å²) in [6.07, 6.45) is 0.818. The zero-order valence-electron chi connectivity index (χ0n) is 10.9. The summed E-state index contributed by atoms with van der Waals surface area (Å²) in [5, 5.41) is 6.18. The lowest BCUT2D eigenvalue weighted by atomic mass is 10.3. The van der Waals surface area contributed by atoms with Crippen LogP contribution in [0.2, 0.25) is 5.02 Å². The molecule has 0 aliphatic heterocycles. The quantitative estimate of drug-likeness (QED) is 0.848. The maximum atomic E-state index is 13.7. The van der Waals surface area contributed by atoms with Gasteiger partial charge in [-0.05, 0) is 30.7 Å². The standard InChI is InChI=1S/C14H14ClF2N3/c1-2-7-18-13-11(16)8-12(17)14(20-13)19-10-5-3-9(15)4-6-10/h3-6,8H,2,7H2,1H3,(H2,18,19,20). The van der Waals surface area contributed by atoms with Crippen LogP contribution >= 0.6 is 11.6 Å². The summed E-state index contributed by atoms with van der Waals surface area (Å²) in [6, 6.07) is 7.52. The Labute approximate surface area is 121 Å². The highest BCUT2D eigenvalue weighted by molar-refractivity contribution is 6.30. The molecule has 2 aromatic rings. The maximum Gasteiger partial charge on any atom is 0.169 e. The predicted octanol–water partition coefficient (Wildman–Crippen LogP) is 4.58. The van der Waals surface area contributed by atoms with Crippen LogP contribution in [0.3, 0.4) is 0 Å². The van der Waals surface area contributed by atoms with Gasteiger partial charge in [0.2, 0.25) is 0 Å². The van der Waals surface area contributed by atoms with Crippen LogP contribution < -0.4 is 10.6 Å². The third-order valence-corrected chi connectivity index (χ3v) is 2.83. The van der Waals surface area contributed by atoms with Crippen LogP contribution in [0, 0.1) is 11.6 Å². The summed E-state index contributed by atoms with van der Waals surface area (Å²) in [5.41, 5.74) is 0.619. The van der Waals surface area contributed by atoms with Gasteiger partial charge in [-0.25, -0.2) is 13.8 Å². The molecule has 1 aromatic heterocycles. The molecule has 0 amide bonds. The van der Waals surface area contributed by atoms with Gasteiger partial charge in [-0.2, -0.15) is 0 Å². The van der Waals surface area contributed by atoms with Gasteiger partial charge in [0, 0.05) is 23.3 Å². The molecule has 0 fully saturated rings. The highest BCUT2D eigenvalue weighted by Crippen LogP contribution is 2.23. The lowest BCUT2D eigenvalue weighted by Gasteiger charge is -2.11. The predicted molar refractivity (Wildman–Crippen MR) is 77.7 cm³/mol. The molecule has 0 aliphatic rings. The number of rotatable bonds is 5. The second-order valence-corrected chi connectivity index (χ2v) is 4.64. The molecule has 0 spiro atoms. The van der Waals surface area contributed by atoms with Gasteiger partial charge < -0.3 is 10.6 Å². The van der Waals surface area contributed by atoms with Crippen LogP contribution in [0.1, 0.15) is 13.3 Å². The van der Waals surface area contributed by atoms with E-state index in [-0.39, 0.29) is 11.6 Å². The van der Waals surface area contributed by atoms with Gasteiger partial charge in [0.1, 0.15) is 0 Å². The van der Waals surface area contributed by atoms with E-state index < -0.39 is 11.6 Å². The highest BCUT2D eigenvalue weighted by Gasteiger charge is 2.11. The maximum absolute atomic E-state index is 13.7. The molecule has 20 heavy (non-hydrogen) atoms. The summed E-state index contributed by atoms with van der Waals surface area (Å²) >= 11 is 5.77. The van der Waals surface area contributed by atoms with Crippen LogP contribution in [0.4, 0.5) is 26.1 Å². The Morgan fingerprint density at radius 3 is 2.40 bits per heavy atom. The Morgan fingerprint density at radius 1 is 1.10 bits per heavy atom. The van der Waals surface area contributed by atoms with E-state index in [1.807, 2.05) is 6.92 Å². The number of halogens is 3. The number of hydrogen-bond acceptors (Lipinski definition) is 3. The molecule has 0 unspecified atom stereocenters. The van der Waals surface area contributed by atoms with Crippen molar-refractivity contribution in [2.45, 2.75) is 13.3 Å². The molecule has 3 nitrogen and oxygen atoms in total. The Kier molecular flexibility index (Phi) is 4.74. The minimum Gasteiger partial charge on any atom is -0.368 e. The van der Waals surface area contributed by atoms with Crippen molar-refractivity contribution in [1.29, 1.82) is 0 Å². The van der Waals surface area contributed by atoms with E-state index in [0.717, 1.165) is 12.5 Å². The first-order valence-electron chi connectivity index (χ1n) is 6.22. The Morgan fingerprint density at radius 2 is 1.75 bits per heavy atom. The van der Waals surface area contributed by atoms with Crippen LogP contribution in [0.5, 0.6) is 0 Å². The molecule has 2 rings (SSSR count). The number of nitrogens with zero attached hydrogens (tertiary/aromatic N) is 1. The number of hydrogen-bond donors (Lipinski definition) is 2. The Bertz CT molecular complexity index is 588. The minimum absolute atomic E-state index is 0.0321. The minimum atomic E-state index is -0.750. The lowest BCUT2D eigenvalue weighted by molar-refractivity contribution is 0.579. The van der Waals surface area contributed by atoms with E-state index in [9.17, 15) is 8.78 Å². The highest BCUT2D eigenvalue weighted by atomic mass is 35.5. The molecule has 0 atom stereocenters. The molecule has 2 N–H and O–H groups in total.